The first-order valence-corrected chi connectivity index (χ1v) is 9.75. The minimum Gasteiger partial charge on any atom is -0.743 e. The van der Waals surface area contributed by atoms with Gasteiger partial charge in [0, 0.05) is 0 Å². The molecule has 254 valence electrons. The van der Waals surface area contributed by atoms with Gasteiger partial charge in [-0.3, -0.25) is 0 Å². The summed E-state index contributed by atoms with van der Waals surface area (Å²) in [5, 5.41) is -8.30. The minimum atomic E-state index is -9.58. The van der Waals surface area contributed by atoms with Gasteiger partial charge in [-0.25, -0.2) is 17.5 Å². The highest BCUT2D eigenvalue weighted by Gasteiger charge is 2.97. The highest BCUT2D eigenvalue weighted by Crippen LogP contribution is 2.65. The van der Waals surface area contributed by atoms with E-state index in [2.05, 4.69) is 0 Å². The van der Waals surface area contributed by atoms with Crippen molar-refractivity contribution in [3.05, 3.63) is 0 Å². The predicted octanol–water partition coefficient (Wildman–Crippen LogP) is 6.97. The van der Waals surface area contributed by atoms with Gasteiger partial charge in [-0.1, -0.05) is 0 Å². The quantitative estimate of drug-likeness (QED) is 0.171. The zero-order valence-corrected chi connectivity index (χ0v) is 18.3. The molecule has 0 aromatic heterocycles. The fourth-order valence-electron chi connectivity index (χ4n) is 2.10. The molecule has 0 bridgehead atoms. The summed E-state index contributed by atoms with van der Waals surface area (Å²) >= 11 is 0. The molecule has 0 heterocycles. The zero-order valence-electron chi connectivity index (χ0n) is 17.5. The van der Waals surface area contributed by atoms with Crippen molar-refractivity contribution in [2.45, 2.75) is 71.0 Å². The van der Waals surface area contributed by atoms with Crippen molar-refractivity contribution in [2.75, 3.05) is 0 Å². The molecule has 30 heteroatoms. The summed E-state index contributed by atoms with van der Waals surface area (Å²) < 4.78 is 357. The molecule has 0 unspecified atom stereocenters. The van der Waals surface area contributed by atoms with Gasteiger partial charge >= 0.3 is 71.0 Å². The third-order valence-electron chi connectivity index (χ3n) is 4.46. The number of halogens is 25. The van der Waals surface area contributed by atoms with Crippen LogP contribution in [0.1, 0.15) is 0 Å². The van der Waals surface area contributed by atoms with E-state index in [0.717, 1.165) is 0 Å². The van der Waals surface area contributed by atoms with Crippen LogP contribution >= 0.6 is 0 Å². The highest BCUT2D eigenvalue weighted by molar-refractivity contribution is 7.86. The van der Waals surface area contributed by atoms with Gasteiger partial charge in [-0.15, -0.1) is 0 Å². The van der Waals surface area contributed by atoms with E-state index in [1.54, 1.807) is 0 Å². The van der Waals surface area contributed by atoms with Crippen molar-refractivity contribution in [2.24, 2.45) is 0 Å². The van der Waals surface area contributed by atoms with Crippen molar-refractivity contribution in [3.63, 3.8) is 0 Å². The van der Waals surface area contributed by atoms with Crippen molar-refractivity contribution in [3.8, 4) is 0 Å². The van der Waals surface area contributed by atoms with Crippen LogP contribution in [0.15, 0.2) is 0 Å². The summed E-state index contributed by atoms with van der Waals surface area (Å²) in [5.74, 6) is -56.2. The fourth-order valence-corrected chi connectivity index (χ4v) is 2.54. The maximum Gasteiger partial charge on any atom is 0.440 e. The van der Waals surface area contributed by atoms with Crippen LogP contribution in [0, 0.1) is 0 Å². The van der Waals surface area contributed by atoms with Gasteiger partial charge in [0.1, 0.15) is 0 Å². The molecule has 4 nitrogen and oxygen atoms in total. The third kappa shape index (κ3) is 4.94. The average Bonchev–Trinajstić information content (AvgIpc) is 2.68. The molecule has 0 rings (SSSR count). The SMILES string of the molecule is O=S(=O)([O-])C(F)(F)C(F)(F)C(F)(F)C(F)(F)C(F)(F)C(F)(F)C(F)(F)C(F)(F)OC(F)(F)C(F)(C(F)(F)F)C(F)(F)F. The molecular formula is C12F25O4S-. The molecule has 0 aliphatic carbocycles. The first-order chi connectivity index (χ1) is 17.5. The summed E-state index contributed by atoms with van der Waals surface area (Å²) in [6.45, 7) is 0. The fraction of sp³-hybridized carbons (Fsp3) is 1.00. The Kier molecular flexibility index (Phi) is 9.13. The van der Waals surface area contributed by atoms with Crippen molar-refractivity contribution in [1.82, 2.24) is 0 Å². The van der Waals surface area contributed by atoms with Gasteiger partial charge < -0.3 is 4.55 Å². The molecule has 0 aliphatic rings. The second kappa shape index (κ2) is 9.56. The number of alkyl halides is 25. The monoisotopic (exact) mass is 715 g/mol. The van der Waals surface area contributed by atoms with Crippen LogP contribution in [-0.2, 0) is 14.9 Å². The lowest BCUT2D eigenvalue weighted by Crippen LogP contribution is -2.76. The maximum atomic E-state index is 13.5. The van der Waals surface area contributed by atoms with Gasteiger partial charge in [-0.05, 0) is 0 Å². The Morgan fingerprint density at radius 2 is 0.619 bits per heavy atom. The zero-order chi connectivity index (χ0) is 35.2. The summed E-state index contributed by atoms with van der Waals surface area (Å²) in [5.41, 5.74) is -8.70. The van der Waals surface area contributed by atoms with E-state index in [9.17, 15) is 123 Å². The summed E-state index contributed by atoms with van der Waals surface area (Å²) in [6, 6.07) is 0. The Hall–Kier alpha value is -1.88. The van der Waals surface area contributed by atoms with E-state index < -0.39 is 81.1 Å². The first-order valence-electron chi connectivity index (χ1n) is 8.34. The molecule has 0 radical (unpaired) electrons. The molecule has 0 aliphatic heterocycles. The predicted molar refractivity (Wildman–Crippen MR) is 71.3 cm³/mol. The van der Waals surface area contributed by atoms with Crippen LogP contribution in [0.4, 0.5) is 110 Å². The minimum absolute atomic E-state index is 0.688. The van der Waals surface area contributed by atoms with E-state index in [-0.39, 0.29) is 0 Å². The number of hydrogen-bond donors (Lipinski definition) is 0. The molecule has 0 spiro atoms. The lowest BCUT2D eigenvalue weighted by atomic mass is 9.91. The van der Waals surface area contributed by atoms with E-state index in [1.165, 1.54) is 0 Å². The van der Waals surface area contributed by atoms with Crippen LogP contribution in [0.5, 0.6) is 0 Å². The number of hydrogen-bond acceptors (Lipinski definition) is 4. The first kappa shape index (κ1) is 40.1. The normalized spacial score (nSPS) is 17.1. The Labute approximate surface area is 210 Å². The molecular weight excluding hydrogens is 715 g/mol. The average molecular weight is 715 g/mol. The third-order valence-corrected chi connectivity index (χ3v) is 5.34. The molecule has 0 N–H and O–H groups in total. The summed E-state index contributed by atoms with van der Waals surface area (Å²) in [4.78, 5) is 0. The van der Waals surface area contributed by atoms with E-state index in [0.29, 0.717) is 4.74 Å². The second-order valence-corrected chi connectivity index (χ2v) is 8.63. The molecule has 0 saturated carbocycles. The van der Waals surface area contributed by atoms with Crippen molar-refractivity contribution >= 4 is 10.1 Å². The van der Waals surface area contributed by atoms with Crippen molar-refractivity contribution in [1.29, 1.82) is 0 Å². The molecule has 0 atom stereocenters. The molecule has 0 amide bonds. The Morgan fingerprint density at radius 3 is 0.857 bits per heavy atom. The van der Waals surface area contributed by atoms with Gasteiger partial charge in [0.25, 0.3) is 0 Å². The van der Waals surface area contributed by atoms with Crippen LogP contribution in [0.25, 0.3) is 0 Å². The second-order valence-electron chi connectivity index (χ2n) is 7.21. The Balaban J connectivity index is 7.27. The van der Waals surface area contributed by atoms with Crippen molar-refractivity contribution < 1.29 is 127 Å². The molecule has 0 aromatic rings. The van der Waals surface area contributed by atoms with E-state index >= 15 is 0 Å². The van der Waals surface area contributed by atoms with E-state index in [4.69, 9.17) is 0 Å². The van der Waals surface area contributed by atoms with Gasteiger partial charge in [-0.2, -0.15) is 105 Å². The van der Waals surface area contributed by atoms with E-state index in [1.807, 2.05) is 0 Å². The van der Waals surface area contributed by atoms with Gasteiger partial charge in [0.05, 0.1) is 0 Å². The van der Waals surface area contributed by atoms with Crippen LogP contribution < -0.4 is 0 Å². The van der Waals surface area contributed by atoms with Gasteiger partial charge in [0.2, 0.25) is 0 Å². The Morgan fingerprint density at radius 1 is 0.381 bits per heavy atom. The number of ether oxygens (including phenoxy) is 1. The highest BCUT2D eigenvalue weighted by atomic mass is 32.2. The molecule has 0 aromatic carbocycles. The maximum absolute atomic E-state index is 13.5. The summed E-state index contributed by atoms with van der Waals surface area (Å²) in [7, 11) is -8.46. The topological polar surface area (TPSA) is 66.4 Å². The van der Waals surface area contributed by atoms with Crippen LogP contribution in [0.3, 0.4) is 0 Å². The van der Waals surface area contributed by atoms with Crippen LogP contribution in [-0.4, -0.2) is 84.0 Å². The standard InChI is InChI=1S/C12HF25O4S/c13-1(8(26,27)28,9(29,30)31)10(32,33)41-11(34,35)6(22,23)4(18,19)2(14,15)3(16,17)5(20,21)7(24,25)12(36,37)42(38,39)40/h(H,38,39,40)/p-1. The largest absolute Gasteiger partial charge is 0.743 e. The molecule has 0 fully saturated rings. The smallest absolute Gasteiger partial charge is 0.440 e. The Bertz CT molecular complexity index is 1100. The number of rotatable bonds is 11. The lowest BCUT2D eigenvalue weighted by Gasteiger charge is -2.44. The van der Waals surface area contributed by atoms with Gasteiger partial charge in [0.15, 0.2) is 10.1 Å². The summed E-state index contributed by atoms with van der Waals surface area (Å²) in [6.07, 6.45) is -34.4. The lowest BCUT2D eigenvalue weighted by molar-refractivity contribution is -0.528. The van der Waals surface area contributed by atoms with Crippen LogP contribution in [0.2, 0.25) is 0 Å². The molecule has 42 heavy (non-hydrogen) atoms. The molecule has 0 saturated heterocycles.